The van der Waals surface area contributed by atoms with Gasteiger partial charge in [0.15, 0.2) is 23.9 Å². The first-order valence-corrected chi connectivity index (χ1v) is 6.87. The maximum Gasteiger partial charge on any atom is 0.326 e. The van der Waals surface area contributed by atoms with Gasteiger partial charge in [-0.15, -0.1) is 0 Å². The number of fused-ring (bicyclic) bond motifs is 1. The Kier molecular flexibility index (Phi) is 4.09. The van der Waals surface area contributed by atoms with Crippen molar-refractivity contribution >= 4 is 11.8 Å². The van der Waals surface area contributed by atoms with Crippen LogP contribution in [0.4, 0.5) is 0 Å². The zero-order valence-corrected chi connectivity index (χ0v) is 12.1. The number of hydrogen-bond donors (Lipinski definition) is 0. The zero-order chi connectivity index (χ0) is 16.2. The molecule has 0 amide bonds. The van der Waals surface area contributed by atoms with E-state index in [1.54, 1.807) is 30.3 Å². The molecule has 0 N–H and O–H groups in total. The van der Waals surface area contributed by atoms with E-state index in [9.17, 15) is 14.4 Å². The van der Waals surface area contributed by atoms with Crippen molar-refractivity contribution in [1.82, 2.24) is 4.57 Å². The van der Waals surface area contributed by atoms with Gasteiger partial charge in [-0.3, -0.25) is 14.4 Å². The number of aromatic nitrogens is 1. The van der Waals surface area contributed by atoms with Crippen LogP contribution < -0.4 is 15.0 Å². The van der Waals surface area contributed by atoms with Crippen LogP contribution in [-0.2, 0) is 16.1 Å². The number of nitrogens with zero attached hydrogens (tertiary/aromatic N) is 1. The van der Waals surface area contributed by atoms with Gasteiger partial charge in [0.25, 0.3) is 5.56 Å². The number of ether oxygens (including phenoxy) is 3. The molecule has 23 heavy (non-hydrogen) atoms. The second-order valence-corrected chi connectivity index (χ2v) is 4.82. The summed E-state index contributed by atoms with van der Waals surface area (Å²) in [6.07, 6.45) is 1.48. The molecule has 1 aliphatic rings. The molecule has 7 nitrogen and oxygen atoms in total. The van der Waals surface area contributed by atoms with E-state index < -0.39 is 12.6 Å². The van der Waals surface area contributed by atoms with Crippen LogP contribution in [0.3, 0.4) is 0 Å². The molecule has 7 heteroatoms. The van der Waals surface area contributed by atoms with Crippen LogP contribution >= 0.6 is 0 Å². The van der Waals surface area contributed by atoms with E-state index >= 15 is 0 Å². The number of hydrogen-bond acceptors (Lipinski definition) is 6. The van der Waals surface area contributed by atoms with Crippen molar-refractivity contribution in [1.29, 1.82) is 0 Å². The monoisotopic (exact) mass is 315 g/mol. The average Bonchev–Trinajstić information content (AvgIpc) is 3.02. The zero-order valence-electron chi connectivity index (χ0n) is 12.1. The number of esters is 1. The predicted octanol–water partition coefficient (Wildman–Crippen LogP) is 1.00. The second-order valence-electron chi connectivity index (χ2n) is 4.82. The highest BCUT2D eigenvalue weighted by molar-refractivity contribution is 5.98. The summed E-state index contributed by atoms with van der Waals surface area (Å²) in [6.45, 7) is -0.526. The fraction of sp³-hybridized carbons (Fsp3) is 0.188. The van der Waals surface area contributed by atoms with Gasteiger partial charge < -0.3 is 18.8 Å². The number of Topliss-reactive ketones (excluding diaryl/α,β-unsaturated/α-hetero) is 1. The molecule has 0 saturated heterocycles. The molecule has 0 aliphatic carbocycles. The van der Waals surface area contributed by atoms with Crippen molar-refractivity contribution in [2.24, 2.45) is 0 Å². The molecule has 3 rings (SSSR count). The fourth-order valence-corrected chi connectivity index (χ4v) is 2.08. The molecule has 0 bridgehead atoms. The van der Waals surface area contributed by atoms with Gasteiger partial charge in [0.2, 0.25) is 6.79 Å². The van der Waals surface area contributed by atoms with Gasteiger partial charge in [-0.2, -0.15) is 0 Å². The topological polar surface area (TPSA) is 83.8 Å². The molecule has 0 saturated carbocycles. The molecule has 0 unspecified atom stereocenters. The molecule has 2 heterocycles. The third kappa shape index (κ3) is 3.39. The summed E-state index contributed by atoms with van der Waals surface area (Å²) in [7, 11) is 0. The normalized spacial score (nSPS) is 12.0. The minimum Gasteiger partial charge on any atom is -0.456 e. The second kappa shape index (κ2) is 6.35. The molecule has 0 spiro atoms. The lowest BCUT2D eigenvalue weighted by Gasteiger charge is -2.06. The average molecular weight is 315 g/mol. The summed E-state index contributed by atoms with van der Waals surface area (Å²) >= 11 is 0. The molecule has 118 valence electrons. The molecule has 1 aromatic heterocycles. The van der Waals surface area contributed by atoms with Crippen LogP contribution in [0, 0.1) is 0 Å². The van der Waals surface area contributed by atoms with Crippen molar-refractivity contribution in [3.05, 3.63) is 58.5 Å². The predicted molar refractivity (Wildman–Crippen MR) is 78.6 cm³/mol. The third-order valence-electron chi connectivity index (χ3n) is 3.26. The highest BCUT2D eigenvalue weighted by atomic mass is 16.7. The molecule has 2 aromatic rings. The Morgan fingerprint density at radius 1 is 1.13 bits per heavy atom. The van der Waals surface area contributed by atoms with E-state index in [1.165, 1.54) is 16.8 Å². The lowest BCUT2D eigenvalue weighted by Crippen LogP contribution is -2.25. The SMILES string of the molecule is O=C(Cn1ccccc1=O)OCC(=O)c1ccc2c(c1)OCO2. The van der Waals surface area contributed by atoms with Crippen molar-refractivity contribution in [3.8, 4) is 11.5 Å². The van der Waals surface area contributed by atoms with E-state index in [0.717, 1.165) is 0 Å². The van der Waals surface area contributed by atoms with Crippen LogP contribution in [0.1, 0.15) is 10.4 Å². The largest absolute Gasteiger partial charge is 0.456 e. The number of carbonyl (C=O) groups excluding carboxylic acids is 2. The smallest absolute Gasteiger partial charge is 0.326 e. The van der Waals surface area contributed by atoms with E-state index in [2.05, 4.69) is 0 Å². The van der Waals surface area contributed by atoms with E-state index in [0.29, 0.717) is 17.1 Å². The van der Waals surface area contributed by atoms with Crippen molar-refractivity contribution in [2.45, 2.75) is 6.54 Å². The van der Waals surface area contributed by atoms with Crippen LogP contribution in [0.2, 0.25) is 0 Å². The summed E-state index contributed by atoms with van der Waals surface area (Å²) in [5.41, 5.74) is 0.0467. The Bertz CT molecular complexity index is 810. The summed E-state index contributed by atoms with van der Waals surface area (Å²) in [6, 6.07) is 9.29. The molecule has 1 aromatic carbocycles. The van der Waals surface area contributed by atoms with E-state index in [4.69, 9.17) is 14.2 Å². The van der Waals surface area contributed by atoms with Gasteiger partial charge in [0.1, 0.15) is 6.54 Å². The molecule has 0 radical (unpaired) electrons. The van der Waals surface area contributed by atoms with Crippen LogP contribution in [0.25, 0.3) is 0 Å². The number of ketones is 1. The lowest BCUT2D eigenvalue weighted by molar-refractivity contribution is -0.143. The van der Waals surface area contributed by atoms with Gasteiger partial charge in [0.05, 0.1) is 0 Å². The Labute approximate surface area is 131 Å². The standard InChI is InChI=1S/C16H13NO6/c18-12(11-4-5-13-14(7-11)23-10-22-13)9-21-16(20)8-17-6-2-1-3-15(17)19/h1-7H,8-10H2. The highest BCUT2D eigenvalue weighted by Crippen LogP contribution is 2.32. The quantitative estimate of drug-likeness (QED) is 0.605. The lowest BCUT2D eigenvalue weighted by atomic mass is 10.1. The number of rotatable bonds is 5. The molecular weight excluding hydrogens is 302 g/mol. The van der Waals surface area contributed by atoms with Crippen LogP contribution in [0.5, 0.6) is 11.5 Å². The maximum atomic E-state index is 12.0. The van der Waals surface area contributed by atoms with E-state index in [1.807, 2.05) is 0 Å². The number of pyridine rings is 1. The molecule has 0 fully saturated rings. The van der Waals surface area contributed by atoms with Crippen molar-refractivity contribution in [3.63, 3.8) is 0 Å². The maximum absolute atomic E-state index is 12.0. The minimum atomic E-state index is -0.660. The van der Waals surface area contributed by atoms with Gasteiger partial charge in [0, 0.05) is 17.8 Å². The first-order valence-electron chi connectivity index (χ1n) is 6.87. The molecule has 0 atom stereocenters. The number of carbonyl (C=O) groups is 2. The van der Waals surface area contributed by atoms with Gasteiger partial charge in [-0.1, -0.05) is 6.07 Å². The van der Waals surface area contributed by atoms with Gasteiger partial charge in [-0.25, -0.2) is 0 Å². The van der Waals surface area contributed by atoms with Gasteiger partial charge in [-0.05, 0) is 24.3 Å². The summed E-state index contributed by atoms with van der Waals surface area (Å²) < 4.78 is 16.5. The first-order chi connectivity index (χ1) is 11.1. The Hall–Kier alpha value is -3.09. The third-order valence-corrected chi connectivity index (χ3v) is 3.26. The summed E-state index contributed by atoms with van der Waals surface area (Å²) in [5.74, 6) is 0.0319. The van der Waals surface area contributed by atoms with Gasteiger partial charge >= 0.3 is 5.97 Å². The Morgan fingerprint density at radius 2 is 1.96 bits per heavy atom. The Balaban J connectivity index is 1.57. The van der Waals surface area contributed by atoms with Crippen LogP contribution in [0.15, 0.2) is 47.4 Å². The minimum absolute atomic E-state index is 0.119. The highest BCUT2D eigenvalue weighted by Gasteiger charge is 2.17. The first kappa shape index (κ1) is 14.8. The molecule has 1 aliphatic heterocycles. The summed E-state index contributed by atoms with van der Waals surface area (Å²) in [5, 5.41) is 0. The Morgan fingerprint density at radius 3 is 2.78 bits per heavy atom. The summed E-state index contributed by atoms with van der Waals surface area (Å²) in [4.78, 5) is 35.2. The van der Waals surface area contributed by atoms with Crippen LogP contribution in [-0.4, -0.2) is 29.7 Å². The molecular formula is C16H13NO6. The van der Waals surface area contributed by atoms with Crippen molar-refractivity contribution in [2.75, 3.05) is 13.4 Å². The van der Waals surface area contributed by atoms with E-state index in [-0.39, 0.29) is 24.7 Å². The number of benzene rings is 1. The van der Waals surface area contributed by atoms with Crippen molar-refractivity contribution < 1.29 is 23.8 Å². The fourth-order valence-electron chi connectivity index (χ4n) is 2.08.